The summed E-state index contributed by atoms with van der Waals surface area (Å²) in [5.41, 5.74) is 7.66. The van der Waals surface area contributed by atoms with Gasteiger partial charge in [-0.25, -0.2) is 9.50 Å². The summed E-state index contributed by atoms with van der Waals surface area (Å²) in [5, 5.41) is 12.9. The number of nitrogens with zero attached hydrogens (tertiary/aromatic N) is 3. The third-order valence-electron chi connectivity index (χ3n) is 2.45. The van der Waals surface area contributed by atoms with Crippen molar-refractivity contribution in [3.8, 4) is 0 Å². The van der Waals surface area contributed by atoms with Crippen LogP contribution in [0.25, 0.3) is 5.52 Å². The van der Waals surface area contributed by atoms with Crippen LogP contribution in [0.2, 0.25) is 0 Å². The number of unbranched alkanes of at least 4 members (excludes halogenated alkanes) is 1. The molecule has 6 heteroatoms. The standard InChI is InChI=1S/C10H13BrN4O/c11-8-5-7(3-1-2-4-16)15-9(8)10(12)13-6-14-15/h5-6,16H,1-4H2,(H2,12,13,14). The van der Waals surface area contributed by atoms with Crippen LogP contribution in [0.3, 0.4) is 0 Å². The highest BCUT2D eigenvalue weighted by atomic mass is 79.9. The third kappa shape index (κ3) is 2.03. The fraction of sp³-hybridized carbons (Fsp3) is 0.400. The summed E-state index contributed by atoms with van der Waals surface area (Å²) in [6.07, 6.45) is 4.04. The summed E-state index contributed by atoms with van der Waals surface area (Å²) in [6.45, 7) is 0.224. The molecule has 0 unspecified atom stereocenters. The average Bonchev–Trinajstić information content (AvgIpc) is 2.58. The summed E-state index contributed by atoms with van der Waals surface area (Å²) < 4.78 is 2.70. The van der Waals surface area contributed by atoms with Gasteiger partial charge in [0.05, 0.1) is 0 Å². The van der Waals surface area contributed by atoms with E-state index in [9.17, 15) is 0 Å². The fourth-order valence-corrected chi connectivity index (χ4v) is 2.32. The largest absolute Gasteiger partial charge is 0.396 e. The molecule has 0 fully saturated rings. The Bertz CT molecular complexity index is 497. The fourth-order valence-electron chi connectivity index (χ4n) is 1.68. The highest BCUT2D eigenvalue weighted by Gasteiger charge is 2.10. The van der Waals surface area contributed by atoms with E-state index in [0.29, 0.717) is 5.82 Å². The number of anilines is 1. The van der Waals surface area contributed by atoms with Crippen LogP contribution in [-0.4, -0.2) is 26.3 Å². The molecule has 0 amide bonds. The predicted molar refractivity (Wildman–Crippen MR) is 65.1 cm³/mol. The number of nitrogens with two attached hydrogens (primary N) is 1. The van der Waals surface area contributed by atoms with E-state index in [1.54, 1.807) is 4.52 Å². The lowest BCUT2D eigenvalue weighted by molar-refractivity contribution is 0.284. The van der Waals surface area contributed by atoms with Crippen molar-refractivity contribution in [2.24, 2.45) is 0 Å². The van der Waals surface area contributed by atoms with Crippen LogP contribution < -0.4 is 5.73 Å². The number of fused-ring (bicyclic) bond motifs is 1. The summed E-state index contributed by atoms with van der Waals surface area (Å²) in [4.78, 5) is 3.95. The molecule has 16 heavy (non-hydrogen) atoms. The highest BCUT2D eigenvalue weighted by molar-refractivity contribution is 9.10. The van der Waals surface area contributed by atoms with Gasteiger partial charge in [0, 0.05) is 16.8 Å². The zero-order valence-corrected chi connectivity index (χ0v) is 10.3. The van der Waals surface area contributed by atoms with Crippen LogP contribution in [-0.2, 0) is 6.42 Å². The number of hydrogen-bond acceptors (Lipinski definition) is 4. The Hall–Kier alpha value is -1.14. The molecule has 0 aliphatic rings. The van der Waals surface area contributed by atoms with Gasteiger partial charge < -0.3 is 10.8 Å². The Morgan fingerprint density at radius 3 is 3.00 bits per heavy atom. The molecule has 0 bridgehead atoms. The van der Waals surface area contributed by atoms with E-state index in [2.05, 4.69) is 26.0 Å². The third-order valence-corrected chi connectivity index (χ3v) is 3.06. The van der Waals surface area contributed by atoms with Gasteiger partial charge in [0.2, 0.25) is 0 Å². The minimum atomic E-state index is 0.224. The van der Waals surface area contributed by atoms with Gasteiger partial charge in [-0.1, -0.05) is 0 Å². The maximum Gasteiger partial charge on any atom is 0.152 e. The monoisotopic (exact) mass is 284 g/mol. The van der Waals surface area contributed by atoms with Crippen molar-refractivity contribution < 1.29 is 5.11 Å². The molecule has 2 heterocycles. The zero-order valence-electron chi connectivity index (χ0n) is 8.73. The minimum absolute atomic E-state index is 0.224. The molecule has 0 saturated carbocycles. The van der Waals surface area contributed by atoms with E-state index >= 15 is 0 Å². The lowest BCUT2D eigenvalue weighted by atomic mass is 10.2. The zero-order chi connectivity index (χ0) is 11.5. The number of rotatable bonds is 4. The maximum atomic E-state index is 8.75. The first-order valence-electron chi connectivity index (χ1n) is 5.11. The molecule has 2 aromatic rings. The first-order valence-corrected chi connectivity index (χ1v) is 5.91. The number of aliphatic hydroxyl groups is 1. The van der Waals surface area contributed by atoms with Crippen LogP contribution in [0.1, 0.15) is 18.5 Å². The van der Waals surface area contributed by atoms with Gasteiger partial charge in [0.15, 0.2) is 5.82 Å². The maximum absolute atomic E-state index is 8.75. The molecule has 2 rings (SSSR count). The topological polar surface area (TPSA) is 76.4 Å². The van der Waals surface area contributed by atoms with E-state index in [0.717, 1.165) is 34.9 Å². The summed E-state index contributed by atoms with van der Waals surface area (Å²) in [6, 6.07) is 2.00. The average molecular weight is 285 g/mol. The number of halogens is 1. The summed E-state index contributed by atoms with van der Waals surface area (Å²) in [7, 11) is 0. The number of nitrogen functional groups attached to an aromatic ring is 1. The SMILES string of the molecule is Nc1ncnn2c(CCCCO)cc(Br)c12. The van der Waals surface area contributed by atoms with Crippen molar-refractivity contribution in [3.63, 3.8) is 0 Å². The number of aliphatic hydroxyl groups excluding tert-OH is 1. The van der Waals surface area contributed by atoms with E-state index in [4.69, 9.17) is 10.8 Å². The van der Waals surface area contributed by atoms with Crippen LogP contribution in [0.15, 0.2) is 16.9 Å². The Labute approximate surface area is 101 Å². The van der Waals surface area contributed by atoms with Gasteiger partial charge in [-0.3, -0.25) is 0 Å². The Balaban J connectivity index is 2.36. The smallest absolute Gasteiger partial charge is 0.152 e. The van der Waals surface area contributed by atoms with E-state index in [-0.39, 0.29) is 6.61 Å². The van der Waals surface area contributed by atoms with Gasteiger partial charge in [-0.05, 0) is 41.3 Å². The Morgan fingerprint density at radius 2 is 2.25 bits per heavy atom. The summed E-state index contributed by atoms with van der Waals surface area (Å²) >= 11 is 3.45. The number of hydrogen-bond donors (Lipinski definition) is 2. The number of aromatic nitrogens is 3. The Kier molecular flexibility index (Phi) is 3.40. The van der Waals surface area contributed by atoms with Gasteiger partial charge >= 0.3 is 0 Å². The number of aryl methyl sites for hydroxylation is 1. The molecule has 5 nitrogen and oxygen atoms in total. The summed E-state index contributed by atoms with van der Waals surface area (Å²) in [5.74, 6) is 0.468. The molecule has 3 N–H and O–H groups in total. The molecule has 0 saturated heterocycles. The van der Waals surface area contributed by atoms with E-state index in [1.807, 2.05) is 6.07 Å². The van der Waals surface area contributed by atoms with E-state index < -0.39 is 0 Å². The van der Waals surface area contributed by atoms with Crippen molar-refractivity contribution in [2.45, 2.75) is 19.3 Å². The van der Waals surface area contributed by atoms with Gasteiger partial charge in [0.1, 0.15) is 11.8 Å². The van der Waals surface area contributed by atoms with Crippen molar-refractivity contribution >= 4 is 27.3 Å². The highest BCUT2D eigenvalue weighted by Crippen LogP contribution is 2.25. The molecule has 0 radical (unpaired) electrons. The van der Waals surface area contributed by atoms with Crippen LogP contribution in [0, 0.1) is 0 Å². The second-order valence-corrected chi connectivity index (χ2v) is 4.42. The van der Waals surface area contributed by atoms with Gasteiger partial charge in [0.25, 0.3) is 0 Å². The first-order chi connectivity index (χ1) is 7.74. The molecule has 0 aliphatic carbocycles. The molecule has 0 aliphatic heterocycles. The molecule has 86 valence electrons. The normalized spacial score (nSPS) is 11.1. The molecule has 0 spiro atoms. The van der Waals surface area contributed by atoms with Crippen molar-refractivity contribution in [1.29, 1.82) is 0 Å². The van der Waals surface area contributed by atoms with Crippen LogP contribution >= 0.6 is 15.9 Å². The van der Waals surface area contributed by atoms with Crippen molar-refractivity contribution in [1.82, 2.24) is 14.6 Å². The Morgan fingerprint density at radius 1 is 1.44 bits per heavy atom. The lowest BCUT2D eigenvalue weighted by Crippen LogP contribution is -2.02. The molecule has 0 aromatic carbocycles. The second kappa shape index (κ2) is 4.80. The van der Waals surface area contributed by atoms with Crippen molar-refractivity contribution in [3.05, 3.63) is 22.6 Å². The van der Waals surface area contributed by atoms with Crippen LogP contribution in [0.4, 0.5) is 5.82 Å². The first kappa shape index (κ1) is 11.3. The van der Waals surface area contributed by atoms with Crippen LogP contribution in [0.5, 0.6) is 0 Å². The molecule has 0 atom stereocenters. The second-order valence-electron chi connectivity index (χ2n) is 3.57. The molecular formula is C10H13BrN4O. The van der Waals surface area contributed by atoms with Gasteiger partial charge in [-0.2, -0.15) is 5.10 Å². The quantitative estimate of drug-likeness (QED) is 0.832. The lowest BCUT2D eigenvalue weighted by Gasteiger charge is -2.01. The van der Waals surface area contributed by atoms with E-state index in [1.165, 1.54) is 6.33 Å². The minimum Gasteiger partial charge on any atom is -0.396 e. The van der Waals surface area contributed by atoms with Gasteiger partial charge in [-0.15, -0.1) is 0 Å². The van der Waals surface area contributed by atoms with Crippen molar-refractivity contribution in [2.75, 3.05) is 12.3 Å². The molecular weight excluding hydrogens is 272 g/mol. The predicted octanol–water partition coefficient (Wildman–Crippen LogP) is 1.39. The molecule has 2 aromatic heterocycles.